The number of likely N-dealkylation sites (tertiary alicyclic amines) is 1. The molecule has 0 unspecified atom stereocenters. The molecule has 6 heterocycles. The minimum absolute atomic E-state index is 0.0887. The fourth-order valence-corrected chi connectivity index (χ4v) is 5.79. The molecule has 39 heavy (non-hydrogen) atoms. The highest BCUT2D eigenvalue weighted by Crippen LogP contribution is 2.35. The molecule has 2 saturated heterocycles. The van der Waals surface area contributed by atoms with Crippen molar-refractivity contribution in [3.8, 4) is 22.5 Å². The zero-order chi connectivity index (χ0) is 26.6. The van der Waals surface area contributed by atoms with Crippen molar-refractivity contribution < 1.29 is 8.78 Å². The highest BCUT2D eigenvalue weighted by molar-refractivity contribution is 6.00. The number of H-pyrrole nitrogens is 2. The third kappa shape index (κ3) is 4.63. The highest BCUT2D eigenvalue weighted by Gasteiger charge is 2.37. The van der Waals surface area contributed by atoms with Gasteiger partial charge in [0.25, 0.3) is 5.92 Å². The summed E-state index contributed by atoms with van der Waals surface area (Å²) in [6.45, 7) is 4.74. The van der Waals surface area contributed by atoms with Gasteiger partial charge in [-0.15, -0.1) is 0 Å². The summed E-state index contributed by atoms with van der Waals surface area (Å²) in [7, 11) is 2.17. The Hall–Kier alpha value is -3.89. The van der Waals surface area contributed by atoms with Crippen LogP contribution in [0.4, 0.5) is 14.5 Å². The van der Waals surface area contributed by atoms with E-state index in [-0.39, 0.29) is 13.0 Å². The Morgan fingerprint density at radius 3 is 2.62 bits per heavy atom. The van der Waals surface area contributed by atoms with Gasteiger partial charge in [0.2, 0.25) is 0 Å². The minimum Gasteiger partial charge on any atom is -0.368 e. The number of alkyl halides is 2. The number of pyridine rings is 2. The smallest absolute Gasteiger partial charge is 0.261 e. The first-order valence-corrected chi connectivity index (χ1v) is 13.4. The quantitative estimate of drug-likeness (QED) is 0.343. The number of nitrogens with one attached hydrogen (secondary N) is 2. The maximum Gasteiger partial charge on any atom is 0.261 e. The van der Waals surface area contributed by atoms with Gasteiger partial charge in [-0.1, -0.05) is 6.07 Å². The van der Waals surface area contributed by atoms with Crippen molar-refractivity contribution in [2.75, 3.05) is 51.2 Å². The standard InChI is InChI=1S/C29H30F2N8/c1-37-7-9-39(10-8-37)26-4-2-3-24-22(26)13-25(34-24)27-23-12-21(16-33-28(23)36-35-27)20-11-19(14-32-15-20)17-38-6-5-29(30,31)18-38/h2-4,11-16,34H,5-10,17-18H2,1H3,(H,33,35,36). The van der Waals surface area contributed by atoms with Crippen molar-refractivity contribution in [2.24, 2.45) is 0 Å². The third-order valence-electron chi connectivity index (χ3n) is 7.94. The molecule has 2 aliphatic heterocycles. The molecule has 2 N–H and O–H groups in total. The lowest BCUT2D eigenvalue weighted by molar-refractivity contribution is 0.0115. The van der Waals surface area contributed by atoms with Crippen molar-refractivity contribution >= 4 is 27.6 Å². The number of aromatic nitrogens is 5. The number of nitrogens with zero attached hydrogens (tertiary/aromatic N) is 6. The molecule has 2 fully saturated rings. The molecule has 1 aromatic carbocycles. The molecule has 0 spiro atoms. The average molecular weight is 529 g/mol. The molecule has 200 valence electrons. The van der Waals surface area contributed by atoms with Gasteiger partial charge in [0.15, 0.2) is 5.65 Å². The fraction of sp³-hybridized carbons (Fsp3) is 0.345. The van der Waals surface area contributed by atoms with E-state index in [1.165, 1.54) is 11.1 Å². The van der Waals surface area contributed by atoms with Crippen LogP contribution in [0.25, 0.3) is 44.5 Å². The van der Waals surface area contributed by atoms with Gasteiger partial charge < -0.3 is 14.8 Å². The summed E-state index contributed by atoms with van der Waals surface area (Å²) in [5.41, 5.74) is 7.46. The minimum atomic E-state index is -2.61. The first-order chi connectivity index (χ1) is 18.9. The van der Waals surface area contributed by atoms with E-state index in [1.54, 1.807) is 23.5 Å². The number of aromatic amines is 2. The molecule has 0 aliphatic carbocycles. The summed E-state index contributed by atoms with van der Waals surface area (Å²) in [4.78, 5) is 19.2. The summed E-state index contributed by atoms with van der Waals surface area (Å²) in [5.74, 6) is -2.61. The Bertz CT molecular complexity index is 1650. The van der Waals surface area contributed by atoms with Gasteiger partial charge in [-0.2, -0.15) is 5.10 Å². The Morgan fingerprint density at radius 1 is 0.949 bits per heavy atom. The van der Waals surface area contributed by atoms with E-state index in [1.807, 2.05) is 6.07 Å². The molecule has 4 aromatic heterocycles. The van der Waals surface area contributed by atoms with Crippen LogP contribution >= 0.6 is 0 Å². The van der Waals surface area contributed by atoms with E-state index < -0.39 is 5.92 Å². The van der Waals surface area contributed by atoms with Crippen LogP contribution in [0.5, 0.6) is 0 Å². The Balaban J connectivity index is 1.21. The van der Waals surface area contributed by atoms with Gasteiger partial charge >= 0.3 is 0 Å². The maximum absolute atomic E-state index is 13.7. The molecule has 7 rings (SSSR count). The molecule has 0 radical (unpaired) electrons. The van der Waals surface area contributed by atoms with E-state index in [0.717, 1.165) is 65.2 Å². The second-order valence-corrected chi connectivity index (χ2v) is 10.8. The number of hydrogen-bond donors (Lipinski definition) is 2. The summed E-state index contributed by atoms with van der Waals surface area (Å²) >= 11 is 0. The third-order valence-corrected chi connectivity index (χ3v) is 7.94. The molecule has 8 nitrogen and oxygen atoms in total. The summed E-state index contributed by atoms with van der Waals surface area (Å²) < 4.78 is 27.3. The van der Waals surface area contributed by atoms with E-state index in [9.17, 15) is 8.78 Å². The molecule has 10 heteroatoms. The summed E-state index contributed by atoms with van der Waals surface area (Å²) in [5, 5.41) is 9.77. The van der Waals surface area contributed by atoms with Crippen LogP contribution in [0, 0.1) is 0 Å². The predicted molar refractivity (Wildman–Crippen MR) is 149 cm³/mol. The van der Waals surface area contributed by atoms with E-state index >= 15 is 0 Å². The van der Waals surface area contributed by atoms with Crippen LogP contribution in [0.1, 0.15) is 12.0 Å². The van der Waals surface area contributed by atoms with Crippen LogP contribution in [0.2, 0.25) is 0 Å². The number of halogens is 2. The van der Waals surface area contributed by atoms with Gasteiger partial charge in [-0.3, -0.25) is 15.0 Å². The van der Waals surface area contributed by atoms with E-state index in [0.29, 0.717) is 18.7 Å². The lowest BCUT2D eigenvalue weighted by atomic mass is 10.1. The highest BCUT2D eigenvalue weighted by atomic mass is 19.3. The van der Waals surface area contributed by atoms with Gasteiger partial charge in [0.1, 0.15) is 5.69 Å². The van der Waals surface area contributed by atoms with Crippen LogP contribution in [-0.2, 0) is 6.54 Å². The number of hydrogen-bond acceptors (Lipinski definition) is 6. The average Bonchev–Trinajstić information content (AvgIpc) is 3.64. The van der Waals surface area contributed by atoms with Crippen LogP contribution in [-0.4, -0.2) is 87.2 Å². The second-order valence-electron chi connectivity index (χ2n) is 10.8. The second kappa shape index (κ2) is 9.39. The molecule has 0 atom stereocenters. The van der Waals surface area contributed by atoms with Gasteiger partial charge in [-0.25, -0.2) is 13.8 Å². The summed E-state index contributed by atoms with van der Waals surface area (Å²) in [6.07, 6.45) is 5.24. The first-order valence-electron chi connectivity index (χ1n) is 13.4. The molecule has 0 saturated carbocycles. The number of fused-ring (bicyclic) bond motifs is 2. The summed E-state index contributed by atoms with van der Waals surface area (Å²) in [6, 6.07) is 12.7. The van der Waals surface area contributed by atoms with Crippen molar-refractivity contribution in [3.63, 3.8) is 0 Å². The molecule has 0 amide bonds. The number of rotatable bonds is 5. The van der Waals surface area contributed by atoms with Crippen molar-refractivity contribution in [1.82, 2.24) is 34.9 Å². The fourth-order valence-electron chi connectivity index (χ4n) is 5.79. The van der Waals surface area contributed by atoms with Crippen LogP contribution in [0.15, 0.2) is 55.0 Å². The lowest BCUT2D eigenvalue weighted by Gasteiger charge is -2.34. The maximum atomic E-state index is 13.7. The van der Waals surface area contributed by atoms with E-state index in [2.05, 4.69) is 72.3 Å². The number of piperazine rings is 1. The van der Waals surface area contributed by atoms with Gasteiger partial charge in [0, 0.05) is 97.4 Å². The Morgan fingerprint density at radius 2 is 1.79 bits per heavy atom. The molecule has 5 aromatic rings. The van der Waals surface area contributed by atoms with Crippen molar-refractivity contribution in [1.29, 1.82) is 0 Å². The van der Waals surface area contributed by atoms with Gasteiger partial charge in [0.05, 0.1) is 12.2 Å². The molecule has 2 aliphatic rings. The Labute approximate surface area is 224 Å². The predicted octanol–water partition coefficient (Wildman–Crippen LogP) is 4.76. The number of likely N-dealkylation sites (N-methyl/N-ethyl adjacent to an activating group) is 1. The van der Waals surface area contributed by atoms with Crippen molar-refractivity contribution in [2.45, 2.75) is 18.9 Å². The lowest BCUT2D eigenvalue weighted by Crippen LogP contribution is -2.44. The first kappa shape index (κ1) is 24.2. The molecular weight excluding hydrogens is 498 g/mol. The zero-order valence-electron chi connectivity index (χ0n) is 21.8. The largest absolute Gasteiger partial charge is 0.368 e. The van der Waals surface area contributed by atoms with E-state index in [4.69, 9.17) is 0 Å². The molecular formula is C29H30F2N8. The van der Waals surface area contributed by atoms with Crippen LogP contribution in [0.3, 0.4) is 0 Å². The Kier molecular flexibility index (Phi) is 5.82. The van der Waals surface area contributed by atoms with Crippen molar-refractivity contribution in [3.05, 3.63) is 60.6 Å². The SMILES string of the molecule is CN1CCN(c2cccc3[nH]c(-c4n[nH]c5ncc(-c6cncc(CN7CCC(F)(F)C7)c6)cc45)cc23)CC1. The number of anilines is 1. The topological polar surface area (TPSA) is 80.0 Å². The zero-order valence-corrected chi connectivity index (χ0v) is 21.8. The van der Waals surface area contributed by atoms with Gasteiger partial charge in [-0.05, 0) is 42.9 Å². The van der Waals surface area contributed by atoms with Crippen LogP contribution < -0.4 is 4.90 Å². The normalized spacial score (nSPS) is 18.5. The number of benzene rings is 1. The molecule has 0 bridgehead atoms. The monoisotopic (exact) mass is 528 g/mol.